The van der Waals surface area contributed by atoms with Crippen molar-refractivity contribution in [2.24, 2.45) is 7.05 Å². The first-order chi connectivity index (χ1) is 8.59. The summed E-state index contributed by atoms with van der Waals surface area (Å²) in [5, 5.41) is 5.08. The van der Waals surface area contributed by atoms with Crippen molar-refractivity contribution in [2.75, 3.05) is 0 Å². The van der Waals surface area contributed by atoms with Crippen LogP contribution in [-0.2, 0) is 18.6 Å². The number of halogens is 1. The molecular formula is C14H17ClN2S. The largest absolute Gasteiger partial charge is 0.257 e. The predicted molar refractivity (Wildman–Crippen MR) is 79.1 cm³/mol. The van der Waals surface area contributed by atoms with Crippen LogP contribution in [0.1, 0.15) is 22.4 Å². The average molecular weight is 281 g/mol. The Kier molecular flexibility index (Phi) is 4.36. The zero-order valence-corrected chi connectivity index (χ0v) is 12.5. The Morgan fingerprint density at radius 3 is 2.56 bits per heavy atom. The van der Waals surface area contributed by atoms with Gasteiger partial charge in [-0.2, -0.15) is 16.9 Å². The maximum Gasteiger partial charge on any atom is 0.131 e. The molecule has 0 N–H and O–H groups in total. The third-order valence-electron chi connectivity index (χ3n) is 3.04. The fourth-order valence-corrected chi connectivity index (χ4v) is 3.39. The van der Waals surface area contributed by atoms with E-state index in [9.17, 15) is 0 Å². The minimum absolute atomic E-state index is 0.754. The SMILES string of the molecule is Cc1ccccc1CSCc1c(C)nn(C)c1Cl. The van der Waals surface area contributed by atoms with E-state index < -0.39 is 0 Å². The summed E-state index contributed by atoms with van der Waals surface area (Å²) < 4.78 is 1.74. The van der Waals surface area contributed by atoms with Crippen LogP contribution in [0.4, 0.5) is 0 Å². The summed E-state index contributed by atoms with van der Waals surface area (Å²) in [7, 11) is 1.88. The van der Waals surface area contributed by atoms with Gasteiger partial charge in [0.05, 0.1) is 5.69 Å². The molecule has 0 spiro atoms. The molecule has 0 aliphatic carbocycles. The Morgan fingerprint density at radius 1 is 1.22 bits per heavy atom. The minimum atomic E-state index is 0.754. The van der Waals surface area contributed by atoms with E-state index in [0.717, 1.165) is 27.9 Å². The summed E-state index contributed by atoms with van der Waals surface area (Å²) in [5.74, 6) is 1.92. The van der Waals surface area contributed by atoms with Crippen molar-refractivity contribution in [2.45, 2.75) is 25.4 Å². The Labute approximate surface area is 117 Å². The first kappa shape index (κ1) is 13.5. The molecule has 0 saturated carbocycles. The summed E-state index contributed by atoms with van der Waals surface area (Å²) in [5.41, 5.74) is 4.91. The lowest BCUT2D eigenvalue weighted by molar-refractivity contribution is 0.757. The summed E-state index contributed by atoms with van der Waals surface area (Å²) in [6, 6.07) is 8.50. The summed E-state index contributed by atoms with van der Waals surface area (Å²) >= 11 is 8.09. The van der Waals surface area contributed by atoms with Gasteiger partial charge >= 0.3 is 0 Å². The van der Waals surface area contributed by atoms with E-state index in [2.05, 4.69) is 36.3 Å². The van der Waals surface area contributed by atoms with Gasteiger partial charge in [0.25, 0.3) is 0 Å². The van der Waals surface area contributed by atoms with Crippen molar-refractivity contribution in [1.82, 2.24) is 9.78 Å². The van der Waals surface area contributed by atoms with Gasteiger partial charge in [0.2, 0.25) is 0 Å². The molecule has 96 valence electrons. The normalized spacial score (nSPS) is 10.9. The van der Waals surface area contributed by atoms with Crippen LogP contribution in [0, 0.1) is 13.8 Å². The standard InChI is InChI=1S/C14H17ClN2S/c1-10-6-4-5-7-12(10)8-18-9-13-11(2)16-17(3)14(13)15/h4-7H,8-9H2,1-3H3. The molecule has 0 aliphatic rings. The van der Waals surface area contributed by atoms with Gasteiger partial charge in [-0.1, -0.05) is 35.9 Å². The molecular weight excluding hydrogens is 264 g/mol. The second kappa shape index (κ2) is 5.81. The molecule has 4 heteroatoms. The van der Waals surface area contributed by atoms with E-state index in [0.29, 0.717) is 0 Å². The summed E-state index contributed by atoms with van der Waals surface area (Å²) in [6.45, 7) is 4.16. The van der Waals surface area contributed by atoms with Crippen molar-refractivity contribution in [1.29, 1.82) is 0 Å². The van der Waals surface area contributed by atoms with Crippen molar-refractivity contribution < 1.29 is 0 Å². The van der Waals surface area contributed by atoms with E-state index in [1.165, 1.54) is 11.1 Å². The smallest absolute Gasteiger partial charge is 0.131 e. The van der Waals surface area contributed by atoms with Crippen LogP contribution in [0.2, 0.25) is 5.15 Å². The van der Waals surface area contributed by atoms with Gasteiger partial charge in [0.15, 0.2) is 0 Å². The van der Waals surface area contributed by atoms with Gasteiger partial charge in [-0.3, -0.25) is 4.68 Å². The maximum absolute atomic E-state index is 6.21. The molecule has 2 nitrogen and oxygen atoms in total. The molecule has 0 aliphatic heterocycles. The van der Waals surface area contributed by atoms with Gasteiger partial charge in [0.1, 0.15) is 5.15 Å². The first-order valence-corrected chi connectivity index (χ1v) is 7.43. The topological polar surface area (TPSA) is 17.8 Å². The fraction of sp³-hybridized carbons (Fsp3) is 0.357. The number of hydrogen-bond donors (Lipinski definition) is 0. The zero-order valence-electron chi connectivity index (χ0n) is 10.9. The Balaban J connectivity index is 1.99. The minimum Gasteiger partial charge on any atom is -0.257 e. The lowest BCUT2D eigenvalue weighted by Crippen LogP contribution is -1.89. The van der Waals surface area contributed by atoms with Crippen molar-refractivity contribution >= 4 is 23.4 Å². The number of thioether (sulfide) groups is 1. The molecule has 0 radical (unpaired) electrons. The second-order valence-corrected chi connectivity index (χ2v) is 5.74. The predicted octanol–water partition coefficient (Wildman–Crippen LogP) is 4.12. The second-order valence-electron chi connectivity index (χ2n) is 4.40. The molecule has 1 heterocycles. The Hall–Kier alpha value is -0.930. The summed E-state index contributed by atoms with van der Waals surface area (Å²) in [4.78, 5) is 0. The highest BCUT2D eigenvalue weighted by atomic mass is 35.5. The lowest BCUT2D eigenvalue weighted by Gasteiger charge is -2.05. The van der Waals surface area contributed by atoms with E-state index >= 15 is 0 Å². The van der Waals surface area contributed by atoms with Crippen molar-refractivity contribution in [3.63, 3.8) is 0 Å². The Morgan fingerprint density at radius 2 is 1.94 bits per heavy atom. The molecule has 0 amide bonds. The molecule has 18 heavy (non-hydrogen) atoms. The fourth-order valence-electron chi connectivity index (χ4n) is 1.87. The van der Waals surface area contributed by atoms with Crippen LogP contribution in [0.25, 0.3) is 0 Å². The number of aryl methyl sites for hydroxylation is 3. The van der Waals surface area contributed by atoms with Crippen molar-refractivity contribution in [3.8, 4) is 0 Å². The molecule has 0 bridgehead atoms. The number of hydrogen-bond acceptors (Lipinski definition) is 2. The molecule has 2 aromatic rings. The monoisotopic (exact) mass is 280 g/mol. The maximum atomic E-state index is 6.21. The highest BCUT2D eigenvalue weighted by Gasteiger charge is 2.10. The number of rotatable bonds is 4. The molecule has 0 atom stereocenters. The third-order valence-corrected chi connectivity index (χ3v) is 4.52. The van der Waals surface area contributed by atoms with Crippen LogP contribution in [0.3, 0.4) is 0 Å². The number of nitrogens with zero attached hydrogens (tertiary/aromatic N) is 2. The molecule has 0 fully saturated rings. The Bertz CT molecular complexity index is 549. The van der Waals surface area contributed by atoms with Gasteiger partial charge < -0.3 is 0 Å². The van der Waals surface area contributed by atoms with Gasteiger partial charge in [-0.15, -0.1) is 0 Å². The van der Waals surface area contributed by atoms with Gasteiger partial charge in [-0.05, 0) is 25.0 Å². The van der Waals surface area contributed by atoms with Crippen LogP contribution in [0.15, 0.2) is 24.3 Å². The molecule has 1 aromatic heterocycles. The first-order valence-electron chi connectivity index (χ1n) is 5.90. The van der Waals surface area contributed by atoms with Crippen LogP contribution >= 0.6 is 23.4 Å². The quantitative estimate of drug-likeness (QED) is 0.838. The number of benzene rings is 1. The van der Waals surface area contributed by atoms with E-state index in [4.69, 9.17) is 11.6 Å². The van der Waals surface area contributed by atoms with Gasteiger partial charge in [0, 0.05) is 24.1 Å². The van der Waals surface area contributed by atoms with Crippen LogP contribution in [0.5, 0.6) is 0 Å². The third kappa shape index (κ3) is 2.90. The number of aromatic nitrogens is 2. The zero-order chi connectivity index (χ0) is 13.1. The highest BCUT2D eigenvalue weighted by molar-refractivity contribution is 7.97. The average Bonchev–Trinajstić information content (AvgIpc) is 2.58. The lowest BCUT2D eigenvalue weighted by atomic mass is 10.1. The van der Waals surface area contributed by atoms with Crippen molar-refractivity contribution in [3.05, 3.63) is 51.8 Å². The highest BCUT2D eigenvalue weighted by Crippen LogP contribution is 2.26. The van der Waals surface area contributed by atoms with E-state index in [1.807, 2.05) is 25.7 Å². The molecule has 0 unspecified atom stereocenters. The van der Waals surface area contributed by atoms with Crippen LogP contribution in [-0.4, -0.2) is 9.78 Å². The van der Waals surface area contributed by atoms with Crippen LogP contribution < -0.4 is 0 Å². The molecule has 2 rings (SSSR count). The van der Waals surface area contributed by atoms with Gasteiger partial charge in [-0.25, -0.2) is 0 Å². The molecule has 1 aromatic carbocycles. The summed E-state index contributed by atoms with van der Waals surface area (Å²) in [6.07, 6.45) is 0. The van der Waals surface area contributed by atoms with E-state index in [1.54, 1.807) is 4.68 Å². The van der Waals surface area contributed by atoms with E-state index in [-0.39, 0.29) is 0 Å². The molecule has 0 saturated heterocycles.